The predicted molar refractivity (Wildman–Crippen MR) is 142 cm³/mol. The molecule has 2 heterocycles. The van der Waals surface area contributed by atoms with Gasteiger partial charge in [-0.1, -0.05) is 30.3 Å². The average molecular weight is 512 g/mol. The highest BCUT2D eigenvalue weighted by Crippen LogP contribution is 2.23. The lowest BCUT2D eigenvalue weighted by Crippen LogP contribution is -2.12. The molecule has 0 aliphatic heterocycles. The van der Waals surface area contributed by atoms with Crippen LogP contribution in [0.5, 0.6) is 5.75 Å². The monoisotopic (exact) mass is 511 g/mol. The van der Waals surface area contributed by atoms with Gasteiger partial charge >= 0.3 is 5.97 Å². The molecule has 0 fully saturated rings. The van der Waals surface area contributed by atoms with Crippen molar-refractivity contribution in [3.8, 4) is 5.75 Å². The van der Waals surface area contributed by atoms with Gasteiger partial charge in [-0.3, -0.25) is 4.79 Å². The second-order valence-corrected chi connectivity index (χ2v) is 8.67. The molecule has 0 bridgehead atoms. The summed E-state index contributed by atoms with van der Waals surface area (Å²) in [4.78, 5) is 29.8. The summed E-state index contributed by atoms with van der Waals surface area (Å²) in [5.41, 5.74) is 2.49. The van der Waals surface area contributed by atoms with E-state index in [1.807, 2.05) is 36.4 Å². The first-order chi connectivity index (χ1) is 18.1. The van der Waals surface area contributed by atoms with Crippen LogP contribution in [-0.2, 0) is 22.6 Å². The number of fused-ring (bicyclic) bond motifs is 2. The molecule has 0 amide bonds. The van der Waals surface area contributed by atoms with Gasteiger partial charge in [-0.05, 0) is 61.0 Å². The normalized spacial score (nSPS) is 10.8. The molecule has 0 spiro atoms. The molecule has 37 heavy (non-hydrogen) atoms. The molecule has 8 heteroatoms. The van der Waals surface area contributed by atoms with Crippen LogP contribution in [0.1, 0.15) is 34.3 Å². The van der Waals surface area contributed by atoms with Crippen LogP contribution in [0.3, 0.4) is 0 Å². The molecule has 3 aromatic carbocycles. The fraction of sp³-hybridized carbons (Fsp3) is 0.103. The van der Waals surface area contributed by atoms with Gasteiger partial charge in [0.2, 0.25) is 5.76 Å². The highest BCUT2D eigenvalue weighted by Gasteiger charge is 2.18. The number of carbonyl (C=O) groups excluding carboxylic acids is 1. The third kappa shape index (κ3) is 5.05. The molecule has 5 rings (SSSR count). The molecule has 0 N–H and O–H groups in total. The van der Waals surface area contributed by atoms with Crippen molar-refractivity contribution in [2.45, 2.75) is 13.5 Å². The van der Waals surface area contributed by atoms with Gasteiger partial charge in [-0.25, -0.2) is 14.0 Å². The largest absolute Gasteiger partial charge is 0.487 e. The van der Waals surface area contributed by atoms with Crippen molar-refractivity contribution < 1.29 is 22.9 Å². The minimum Gasteiger partial charge on any atom is -0.487 e. The standard InChI is InChI=1S/C29H21NO6S/c1-2-34-29(32)26-16-25(31)22-7-5-8-23(27(22)36-26)28(37-33)19-11-14-21(15-12-19)35-17-20-13-10-18-6-3-4-9-24(18)30-20/h3-16H,2,17H2,1H3. The quantitative estimate of drug-likeness (QED) is 0.175. The zero-order valence-electron chi connectivity index (χ0n) is 19.8. The Morgan fingerprint density at radius 3 is 2.57 bits per heavy atom. The average Bonchev–Trinajstić information content (AvgIpc) is 2.93. The number of pyridine rings is 1. The van der Waals surface area contributed by atoms with Crippen LogP contribution in [0.15, 0.2) is 94.1 Å². The van der Waals surface area contributed by atoms with E-state index in [4.69, 9.17) is 13.9 Å². The second kappa shape index (κ2) is 10.6. The highest BCUT2D eigenvalue weighted by atomic mass is 32.1. The number of ether oxygens (including phenoxy) is 2. The molecule has 184 valence electrons. The third-order valence-corrected chi connectivity index (χ3v) is 6.34. The summed E-state index contributed by atoms with van der Waals surface area (Å²) in [5, 5.41) is 1.33. The van der Waals surface area contributed by atoms with Crippen molar-refractivity contribution in [3.05, 3.63) is 118 Å². The first-order valence-electron chi connectivity index (χ1n) is 11.6. The maximum atomic E-state index is 12.6. The van der Waals surface area contributed by atoms with E-state index in [1.165, 1.54) is 0 Å². The van der Waals surface area contributed by atoms with Gasteiger partial charge in [0.1, 0.15) is 17.9 Å². The number of hydrogen-bond donors (Lipinski definition) is 0. The third-order valence-electron chi connectivity index (χ3n) is 5.72. The number of aromatic nitrogens is 1. The van der Waals surface area contributed by atoms with E-state index in [1.54, 1.807) is 49.4 Å². The molecule has 0 saturated heterocycles. The minimum absolute atomic E-state index is 0.140. The van der Waals surface area contributed by atoms with Crippen molar-refractivity contribution in [1.82, 2.24) is 4.98 Å². The van der Waals surface area contributed by atoms with Crippen molar-refractivity contribution in [2.24, 2.45) is 0 Å². The Kier molecular flexibility index (Phi) is 6.91. The zero-order chi connectivity index (χ0) is 25.8. The summed E-state index contributed by atoms with van der Waals surface area (Å²) >= 11 is 0.276. The Bertz CT molecular complexity index is 1740. The predicted octanol–water partition coefficient (Wildman–Crippen LogP) is 4.88. The first-order valence-corrected chi connectivity index (χ1v) is 12.3. The fourth-order valence-corrected chi connectivity index (χ4v) is 4.44. The molecule has 7 nitrogen and oxygen atoms in total. The zero-order valence-corrected chi connectivity index (χ0v) is 20.6. The van der Waals surface area contributed by atoms with E-state index in [9.17, 15) is 13.8 Å². The number of para-hydroxylation sites is 2. The van der Waals surface area contributed by atoms with Crippen molar-refractivity contribution in [3.63, 3.8) is 0 Å². The lowest BCUT2D eigenvalue weighted by Gasteiger charge is -2.10. The number of carbonyl (C=O) groups is 1. The molecule has 0 unspecified atom stereocenters. The van der Waals surface area contributed by atoms with E-state index in [-0.39, 0.29) is 34.6 Å². The summed E-state index contributed by atoms with van der Waals surface area (Å²) in [5.74, 6) is -0.342. The summed E-state index contributed by atoms with van der Waals surface area (Å²) in [6.07, 6.45) is 0. The topological polar surface area (TPSA) is 95.7 Å². The molecule has 0 aliphatic carbocycles. The van der Waals surface area contributed by atoms with E-state index in [2.05, 4.69) is 4.98 Å². The van der Waals surface area contributed by atoms with Crippen LogP contribution in [-0.4, -0.2) is 26.6 Å². The number of hydrogen-bond acceptors (Lipinski definition) is 7. The minimum atomic E-state index is -0.741. The highest BCUT2D eigenvalue weighted by molar-refractivity contribution is 7.67. The number of esters is 1. The maximum absolute atomic E-state index is 12.6. The number of rotatable bonds is 7. The van der Waals surface area contributed by atoms with E-state index in [0.29, 0.717) is 28.3 Å². The van der Waals surface area contributed by atoms with Gasteiger partial charge in [0.15, 0.2) is 5.43 Å². The first kappa shape index (κ1) is 24.1. The maximum Gasteiger partial charge on any atom is 0.374 e. The molecule has 0 radical (unpaired) electrons. The summed E-state index contributed by atoms with van der Waals surface area (Å²) < 4.78 is 28.8. The number of benzene rings is 3. The number of nitrogens with zero attached hydrogens (tertiary/aromatic N) is 1. The van der Waals surface area contributed by atoms with Crippen molar-refractivity contribution in [1.29, 1.82) is 0 Å². The van der Waals surface area contributed by atoms with E-state index in [0.717, 1.165) is 22.7 Å². The van der Waals surface area contributed by atoms with Gasteiger partial charge in [0.25, 0.3) is 0 Å². The van der Waals surface area contributed by atoms with Crippen LogP contribution < -0.4 is 10.2 Å². The Balaban J connectivity index is 1.41. The van der Waals surface area contributed by atoms with E-state index < -0.39 is 11.4 Å². The van der Waals surface area contributed by atoms with Crippen LogP contribution in [0.25, 0.3) is 21.9 Å². The summed E-state index contributed by atoms with van der Waals surface area (Å²) in [7, 11) is 0. The Morgan fingerprint density at radius 1 is 0.973 bits per heavy atom. The van der Waals surface area contributed by atoms with Crippen LogP contribution in [0, 0.1) is 0 Å². The SMILES string of the molecule is CCOC(=O)c1cc(=O)c2cccc(C(=S=O)c3ccc(OCc4ccc5ccccc5n4)cc3)c2o1. The summed E-state index contributed by atoms with van der Waals surface area (Å²) in [6.45, 7) is 2.09. The lowest BCUT2D eigenvalue weighted by molar-refractivity contribution is 0.0490. The molecule has 0 aliphatic rings. The molecule has 5 aromatic rings. The van der Waals surface area contributed by atoms with Crippen molar-refractivity contribution in [2.75, 3.05) is 6.61 Å². The van der Waals surface area contributed by atoms with Gasteiger partial charge in [0, 0.05) is 17.0 Å². The second-order valence-electron chi connectivity index (χ2n) is 8.10. The van der Waals surface area contributed by atoms with Gasteiger partial charge in [0.05, 0.1) is 39.3 Å². The van der Waals surface area contributed by atoms with Gasteiger partial charge < -0.3 is 13.9 Å². The molecule has 0 saturated carbocycles. The van der Waals surface area contributed by atoms with E-state index >= 15 is 0 Å². The van der Waals surface area contributed by atoms with Gasteiger partial charge in [-0.15, -0.1) is 0 Å². The Hall–Kier alpha value is -4.56. The molecular weight excluding hydrogens is 490 g/mol. The summed E-state index contributed by atoms with van der Waals surface area (Å²) in [6, 6.07) is 24.9. The molecular formula is C29H21NO6S. The molecule has 2 aromatic heterocycles. The van der Waals surface area contributed by atoms with Crippen LogP contribution in [0.4, 0.5) is 0 Å². The Labute approximate surface area is 215 Å². The van der Waals surface area contributed by atoms with Crippen LogP contribution in [0.2, 0.25) is 0 Å². The fourth-order valence-electron chi connectivity index (χ4n) is 3.96. The van der Waals surface area contributed by atoms with Crippen molar-refractivity contribution >= 4 is 44.0 Å². The van der Waals surface area contributed by atoms with Crippen LogP contribution >= 0.6 is 0 Å². The molecule has 0 atom stereocenters. The smallest absolute Gasteiger partial charge is 0.374 e. The lowest BCUT2D eigenvalue weighted by atomic mass is 10.0. The van der Waals surface area contributed by atoms with Gasteiger partial charge in [-0.2, -0.15) is 0 Å². The Morgan fingerprint density at radius 2 is 1.78 bits per heavy atom.